The fraction of sp³-hybridized carbons (Fsp3) is 0.400. The Morgan fingerprint density at radius 2 is 2.67 bits per heavy atom. The van der Waals surface area contributed by atoms with E-state index in [4.69, 9.17) is 0 Å². The van der Waals surface area contributed by atoms with Gasteiger partial charge in [-0.3, -0.25) is 4.79 Å². The Labute approximate surface area is 71.9 Å². The molecule has 2 heteroatoms. The van der Waals surface area contributed by atoms with Crippen molar-refractivity contribution in [3.05, 3.63) is 30.5 Å². The molecule has 1 aliphatic rings. The summed E-state index contributed by atoms with van der Waals surface area (Å²) in [6.07, 6.45) is 5.47. The first-order valence-corrected chi connectivity index (χ1v) is 3.97. The van der Waals surface area contributed by atoms with Crippen LogP contribution in [-0.4, -0.2) is 17.0 Å². The highest BCUT2D eigenvalue weighted by atomic mass is 16.3. The summed E-state index contributed by atoms with van der Waals surface area (Å²) < 4.78 is 0. The molecular formula is C10H12O2. The second kappa shape index (κ2) is 4.05. The van der Waals surface area contributed by atoms with Gasteiger partial charge in [-0.1, -0.05) is 12.7 Å². The van der Waals surface area contributed by atoms with Gasteiger partial charge >= 0.3 is 0 Å². The number of ketones is 1. The molecule has 0 saturated carbocycles. The Morgan fingerprint density at radius 1 is 1.92 bits per heavy atom. The van der Waals surface area contributed by atoms with E-state index >= 15 is 0 Å². The Kier molecular flexibility index (Phi) is 3.03. The zero-order valence-electron chi connectivity index (χ0n) is 6.86. The fourth-order valence-electron chi connectivity index (χ4n) is 1.24. The van der Waals surface area contributed by atoms with Crippen LogP contribution >= 0.6 is 0 Å². The van der Waals surface area contributed by atoms with Crippen LogP contribution in [0, 0.1) is 5.92 Å². The lowest BCUT2D eigenvalue weighted by Gasteiger charge is -2.12. The largest absolute Gasteiger partial charge is 0.392 e. The van der Waals surface area contributed by atoms with E-state index in [1.807, 2.05) is 0 Å². The molecule has 12 heavy (non-hydrogen) atoms. The van der Waals surface area contributed by atoms with Crippen LogP contribution in [0.1, 0.15) is 12.8 Å². The second-order valence-corrected chi connectivity index (χ2v) is 2.90. The molecule has 1 rings (SSSR count). The van der Waals surface area contributed by atoms with E-state index in [0.717, 1.165) is 0 Å². The van der Waals surface area contributed by atoms with Crippen LogP contribution < -0.4 is 0 Å². The van der Waals surface area contributed by atoms with Gasteiger partial charge in [-0.05, 0) is 18.6 Å². The molecule has 0 radical (unpaired) electrons. The predicted molar refractivity (Wildman–Crippen MR) is 46.6 cm³/mol. The van der Waals surface area contributed by atoms with Gasteiger partial charge in [0.2, 0.25) is 0 Å². The van der Waals surface area contributed by atoms with Crippen molar-refractivity contribution in [2.45, 2.75) is 18.9 Å². The van der Waals surface area contributed by atoms with E-state index in [-0.39, 0.29) is 11.7 Å². The number of allylic oxidation sites excluding steroid dienone is 1. The van der Waals surface area contributed by atoms with E-state index in [0.29, 0.717) is 12.8 Å². The van der Waals surface area contributed by atoms with Crippen molar-refractivity contribution in [2.24, 2.45) is 5.92 Å². The van der Waals surface area contributed by atoms with Gasteiger partial charge < -0.3 is 5.11 Å². The summed E-state index contributed by atoms with van der Waals surface area (Å²) in [5.74, 6) is 0.0868. The smallest absolute Gasteiger partial charge is 0.156 e. The molecule has 0 fully saturated rings. The molecule has 0 spiro atoms. The second-order valence-electron chi connectivity index (χ2n) is 2.90. The highest BCUT2D eigenvalue weighted by Gasteiger charge is 2.22. The lowest BCUT2D eigenvalue weighted by atomic mass is 9.99. The highest BCUT2D eigenvalue weighted by molar-refractivity contribution is 5.92. The average molecular weight is 164 g/mol. The van der Waals surface area contributed by atoms with Crippen molar-refractivity contribution < 1.29 is 9.90 Å². The molecule has 0 aromatic rings. The monoisotopic (exact) mass is 164 g/mol. The van der Waals surface area contributed by atoms with Crippen LogP contribution in [0.3, 0.4) is 0 Å². The van der Waals surface area contributed by atoms with Crippen molar-refractivity contribution in [1.82, 2.24) is 0 Å². The average Bonchev–Trinajstić information content (AvgIpc) is 2.47. The molecule has 0 heterocycles. The fourth-order valence-corrected chi connectivity index (χ4v) is 1.24. The van der Waals surface area contributed by atoms with Crippen LogP contribution in [0.25, 0.3) is 0 Å². The molecule has 0 aromatic carbocycles. The molecule has 2 nitrogen and oxygen atoms in total. The van der Waals surface area contributed by atoms with E-state index in [2.05, 4.69) is 12.3 Å². The molecule has 64 valence electrons. The number of rotatable bonds is 3. The quantitative estimate of drug-likeness (QED) is 0.637. The Morgan fingerprint density at radius 3 is 3.17 bits per heavy atom. The summed E-state index contributed by atoms with van der Waals surface area (Å²) in [5.41, 5.74) is 2.59. The minimum atomic E-state index is -0.470. The van der Waals surface area contributed by atoms with Crippen molar-refractivity contribution in [3.63, 3.8) is 0 Å². The standard InChI is InChI=1S/C10H12O2/c1-2-3-4-10(12)8-5-6-9(11)7-8/h3,5-6,8,10,12H,1,4,7H2/t8-,10+/m1/s1. The van der Waals surface area contributed by atoms with E-state index < -0.39 is 6.10 Å². The van der Waals surface area contributed by atoms with Crippen molar-refractivity contribution in [2.75, 3.05) is 0 Å². The first-order chi connectivity index (χ1) is 5.74. The SMILES string of the molecule is C=C=CC[C@H](O)[C@@H]1C=CC(=O)C1. The third-order valence-corrected chi connectivity index (χ3v) is 1.96. The lowest BCUT2D eigenvalue weighted by Crippen LogP contribution is -2.16. The molecule has 0 aromatic heterocycles. The minimum Gasteiger partial charge on any atom is -0.392 e. The maximum Gasteiger partial charge on any atom is 0.156 e. The molecule has 0 aliphatic heterocycles. The summed E-state index contributed by atoms with van der Waals surface area (Å²) in [4.78, 5) is 10.8. The summed E-state index contributed by atoms with van der Waals surface area (Å²) >= 11 is 0. The molecule has 0 amide bonds. The highest BCUT2D eigenvalue weighted by Crippen LogP contribution is 2.20. The summed E-state index contributed by atoms with van der Waals surface area (Å²) in [7, 11) is 0. The van der Waals surface area contributed by atoms with Gasteiger partial charge in [-0.15, -0.1) is 5.73 Å². The molecule has 0 bridgehead atoms. The molecule has 0 saturated heterocycles. The molecule has 1 aliphatic carbocycles. The summed E-state index contributed by atoms with van der Waals surface area (Å²) in [6, 6.07) is 0. The Hall–Kier alpha value is -1.11. The van der Waals surface area contributed by atoms with Crippen molar-refractivity contribution >= 4 is 5.78 Å². The molecular weight excluding hydrogens is 152 g/mol. The number of hydrogen-bond donors (Lipinski definition) is 1. The van der Waals surface area contributed by atoms with Crippen LogP contribution in [0.15, 0.2) is 30.5 Å². The summed E-state index contributed by atoms with van der Waals surface area (Å²) in [5, 5.41) is 9.50. The molecule has 1 N–H and O–H groups in total. The van der Waals surface area contributed by atoms with Crippen molar-refractivity contribution in [1.29, 1.82) is 0 Å². The first kappa shape index (κ1) is 8.98. The van der Waals surface area contributed by atoms with E-state index in [1.54, 1.807) is 12.2 Å². The topological polar surface area (TPSA) is 37.3 Å². The predicted octanol–water partition coefficient (Wildman–Crippen LogP) is 1.22. The number of aliphatic hydroxyl groups excluding tert-OH is 1. The van der Waals surface area contributed by atoms with Crippen molar-refractivity contribution in [3.8, 4) is 0 Å². The van der Waals surface area contributed by atoms with Gasteiger partial charge in [0.15, 0.2) is 5.78 Å². The molecule has 0 unspecified atom stereocenters. The number of carbonyl (C=O) groups is 1. The summed E-state index contributed by atoms with van der Waals surface area (Å²) in [6.45, 7) is 3.40. The first-order valence-electron chi connectivity index (χ1n) is 3.97. The Bertz CT molecular complexity index is 247. The minimum absolute atomic E-state index is 0.0119. The Balaban J connectivity index is 2.43. The number of carbonyl (C=O) groups excluding carboxylic acids is 1. The third-order valence-electron chi connectivity index (χ3n) is 1.96. The zero-order chi connectivity index (χ0) is 8.97. The zero-order valence-corrected chi connectivity index (χ0v) is 6.86. The van der Waals surface area contributed by atoms with Gasteiger partial charge in [0.05, 0.1) is 6.10 Å². The van der Waals surface area contributed by atoms with Gasteiger partial charge in [-0.25, -0.2) is 0 Å². The van der Waals surface area contributed by atoms with Crippen LogP contribution in [-0.2, 0) is 4.79 Å². The van der Waals surface area contributed by atoms with E-state index in [9.17, 15) is 9.90 Å². The van der Waals surface area contributed by atoms with Crippen LogP contribution in [0.5, 0.6) is 0 Å². The van der Waals surface area contributed by atoms with Crippen LogP contribution in [0.2, 0.25) is 0 Å². The maximum atomic E-state index is 10.8. The third kappa shape index (κ3) is 2.19. The van der Waals surface area contributed by atoms with Gasteiger partial charge in [0.25, 0.3) is 0 Å². The van der Waals surface area contributed by atoms with E-state index in [1.165, 1.54) is 6.08 Å². The lowest BCUT2D eigenvalue weighted by molar-refractivity contribution is -0.115. The number of hydrogen-bond acceptors (Lipinski definition) is 2. The van der Waals surface area contributed by atoms with Gasteiger partial charge in [0, 0.05) is 12.3 Å². The normalized spacial score (nSPS) is 23.8. The van der Waals surface area contributed by atoms with Gasteiger partial charge in [0.1, 0.15) is 0 Å². The maximum absolute atomic E-state index is 10.8. The van der Waals surface area contributed by atoms with Gasteiger partial charge in [-0.2, -0.15) is 0 Å². The number of aliphatic hydroxyl groups is 1. The molecule has 2 atom stereocenters. The van der Waals surface area contributed by atoms with Crippen LogP contribution in [0.4, 0.5) is 0 Å².